The summed E-state index contributed by atoms with van der Waals surface area (Å²) in [4.78, 5) is 26.2. The number of likely N-dealkylation sites (tertiary alicyclic amines) is 1. The Morgan fingerprint density at radius 3 is 3.00 bits per heavy atom. The van der Waals surface area contributed by atoms with E-state index in [-0.39, 0.29) is 11.8 Å². The summed E-state index contributed by atoms with van der Waals surface area (Å²) >= 11 is 0. The maximum absolute atomic E-state index is 12.7. The summed E-state index contributed by atoms with van der Waals surface area (Å²) < 4.78 is 1.90. The van der Waals surface area contributed by atoms with Gasteiger partial charge in [0.05, 0.1) is 22.9 Å². The average Bonchev–Trinajstić information content (AvgIpc) is 3.16. The fourth-order valence-electron chi connectivity index (χ4n) is 4.41. The molecule has 2 atom stereocenters. The maximum Gasteiger partial charge on any atom is 0.311 e. The summed E-state index contributed by atoms with van der Waals surface area (Å²) in [6, 6.07) is 0. The van der Waals surface area contributed by atoms with Crippen molar-refractivity contribution in [1.82, 2.24) is 14.7 Å². The minimum absolute atomic E-state index is 0.0341. The van der Waals surface area contributed by atoms with E-state index >= 15 is 0 Å². The number of amides is 1. The summed E-state index contributed by atoms with van der Waals surface area (Å²) in [7, 11) is 0. The molecule has 2 fully saturated rings. The highest BCUT2D eigenvalue weighted by atomic mass is 16.4. The Labute approximate surface area is 122 Å². The zero-order chi connectivity index (χ0) is 14.6. The van der Waals surface area contributed by atoms with Crippen LogP contribution in [-0.4, -0.2) is 44.8 Å². The second-order valence-corrected chi connectivity index (χ2v) is 6.57. The van der Waals surface area contributed by atoms with Crippen molar-refractivity contribution in [3.05, 3.63) is 17.5 Å². The smallest absolute Gasteiger partial charge is 0.311 e. The van der Waals surface area contributed by atoms with Crippen LogP contribution in [0.2, 0.25) is 0 Å². The Bertz CT molecular complexity index is 624. The van der Waals surface area contributed by atoms with Crippen LogP contribution in [0.15, 0.2) is 6.20 Å². The third-order valence-corrected chi connectivity index (χ3v) is 5.55. The molecule has 6 heteroatoms. The molecular formula is C15H19N3O3. The van der Waals surface area contributed by atoms with Gasteiger partial charge >= 0.3 is 5.97 Å². The molecule has 112 valence electrons. The largest absolute Gasteiger partial charge is 0.481 e. The summed E-state index contributed by atoms with van der Waals surface area (Å²) in [6.07, 6.45) is 6.15. The molecule has 0 radical (unpaired) electrons. The number of carboxylic acids is 1. The van der Waals surface area contributed by atoms with Gasteiger partial charge in [0.25, 0.3) is 5.91 Å². The van der Waals surface area contributed by atoms with Crippen LogP contribution in [0.1, 0.15) is 41.7 Å². The number of carboxylic acid groups (broad SMARTS) is 1. The molecule has 1 amide bonds. The number of nitrogens with zero attached hydrogens (tertiary/aromatic N) is 3. The molecule has 0 bridgehead atoms. The van der Waals surface area contributed by atoms with Crippen LogP contribution in [0.4, 0.5) is 0 Å². The van der Waals surface area contributed by atoms with Gasteiger partial charge in [0, 0.05) is 19.6 Å². The monoisotopic (exact) mass is 289 g/mol. The summed E-state index contributed by atoms with van der Waals surface area (Å²) in [5.41, 5.74) is 0.987. The van der Waals surface area contributed by atoms with Crippen LogP contribution in [0.25, 0.3) is 0 Å². The van der Waals surface area contributed by atoms with Crippen molar-refractivity contribution < 1.29 is 14.7 Å². The Morgan fingerprint density at radius 1 is 1.38 bits per heavy atom. The molecule has 1 aromatic rings. The molecule has 21 heavy (non-hydrogen) atoms. The average molecular weight is 289 g/mol. The van der Waals surface area contributed by atoms with Gasteiger partial charge in [0.1, 0.15) is 0 Å². The van der Waals surface area contributed by atoms with Gasteiger partial charge < -0.3 is 10.0 Å². The first-order chi connectivity index (χ1) is 10.1. The number of rotatable bonds is 2. The van der Waals surface area contributed by atoms with Crippen molar-refractivity contribution in [2.75, 3.05) is 13.1 Å². The second kappa shape index (κ2) is 4.32. The van der Waals surface area contributed by atoms with Crippen LogP contribution >= 0.6 is 0 Å². The predicted molar refractivity (Wildman–Crippen MR) is 73.9 cm³/mol. The molecule has 1 aromatic heterocycles. The first-order valence-corrected chi connectivity index (χ1v) is 7.69. The molecule has 3 heterocycles. The van der Waals surface area contributed by atoms with Gasteiger partial charge in [-0.05, 0) is 31.6 Å². The number of aliphatic carboxylic acids is 1. The first kappa shape index (κ1) is 12.9. The van der Waals surface area contributed by atoms with E-state index < -0.39 is 11.4 Å². The highest BCUT2D eigenvalue weighted by Crippen LogP contribution is 2.49. The normalized spacial score (nSPS) is 30.5. The molecule has 1 N–H and O–H groups in total. The van der Waals surface area contributed by atoms with Gasteiger partial charge in [-0.25, -0.2) is 0 Å². The van der Waals surface area contributed by atoms with Crippen LogP contribution in [0.3, 0.4) is 0 Å². The van der Waals surface area contributed by atoms with E-state index in [9.17, 15) is 14.7 Å². The number of fused-ring (bicyclic) bond motifs is 2. The lowest BCUT2D eigenvalue weighted by Crippen LogP contribution is -2.37. The standard InChI is InChI=1S/C15H19N3O3/c19-13(11-7-16-18-6-2-4-12(11)18)17-8-10-3-1-5-15(10,9-17)14(20)21/h7,10H,1-6,8-9H2,(H,20,21)/t10-,15+/m0/s1. The summed E-state index contributed by atoms with van der Waals surface area (Å²) in [5, 5.41) is 13.9. The van der Waals surface area contributed by atoms with Crippen molar-refractivity contribution in [3.8, 4) is 0 Å². The van der Waals surface area contributed by atoms with E-state index in [1.807, 2.05) is 4.68 Å². The van der Waals surface area contributed by atoms with E-state index in [1.54, 1.807) is 11.1 Å². The van der Waals surface area contributed by atoms with Crippen LogP contribution in [-0.2, 0) is 17.8 Å². The zero-order valence-corrected chi connectivity index (χ0v) is 11.9. The molecule has 0 spiro atoms. The fraction of sp³-hybridized carbons (Fsp3) is 0.667. The van der Waals surface area contributed by atoms with Gasteiger partial charge in [0.15, 0.2) is 0 Å². The van der Waals surface area contributed by atoms with Gasteiger partial charge in [0.2, 0.25) is 0 Å². The van der Waals surface area contributed by atoms with E-state index in [4.69, 9.17) is 0 Å². The van der Waals surface area contributed by atoms with Crippen molar-refractivity contribution in [2.24, 2.45) is 11.3 Å². The lowest BCUT2D eigenvalue weighted by molar-refractivity contribution is -0.149. The van der Waals surface area contributed by atoms with Crippen molar-refractivity contribution >= 4 is 11.9 Å². The molecule has 4 rings (SSSR count). The molecule has 6 nitrogen and oxygen atoms in total. The molecule has 2 aliphatic heterocycles. The fourth-order valence-corrected chi connectivity index (χ4v) is 4.41. The lowest BCUT2D eigenvalue weighted by atomic mass is 9.81. The van der Waals surface area contributed by atoms with Crippen molar-refractivity contribution in [2.45, 2.75) is 38.6 Å². The zero-order valence-electron chi connectivity index (χ0n) is 11.9. The molecule has 0 unspecified atom stereocenters. The van der Waals surface area contributed by atoms with Crippen LogP contribution in [0.5, 0.6) is 0 Å². The summed E-state index contributed by atoms with van der Waals surface area (Å²) in [6.45, 7) is 1.82. The number of carbonyl (C=O) groups excluding carboxylic acids is 1. The number of carbonyl (C=O) groups is 2. The van der Waals surface area contributed by atoms with Crippen molar-refractivity contribution in [1.29, 1.82) is 0 Å². The molecule has 3 aliphatic rings. The van der Waals surface area contributed by atoms with Crippen LogP contribution in [0, 0.1) is 11.3 Å². The van der Waals surface area contributed by atoms with Crippen LogP contribution < -0.4 is 0 Å². The molecule has 1 saturated carbocycles. The lowest BCUT2D eigenvalue weighted by Gasteiger charge is -2.23. The predicted octanol–water partition coefficient (Wildman–Crippen LogP) is 1.16. The Kier molecular flexibility index (Phi) is 2.65. The van der Waals surface area contributed by atoms with Gasteiger partial charge in [-0.1, -0.05) is 6.42 Å². The number of aromatic nitrogens is 2. The van der Waals surface area contributed by atoms with Crippen molar-refractivity contribution in [3.63, 3.8) is 0 Å². The summed E-state index contributed by atoms with van der Waals surface area (Å²) in [5.74, 6) is -0.656. The van der Waals surface area contributed by atoms with Gasteiger partial charge in [-0.2, -0.15) is 5.10 Å². The second-order valence-electron chi connectivity index (χ2n) is 6.57. The SMILES string of the molecule is O=C(c1cnn2c1CCC2)N1C[C@@H]2CCC[C@@]2(C(=O)O)C1. The minimum atomic E-state index is -0.736. The van der Waals surface area contributed by atoms with E-state index in [0.29, 0.717) is 25.1 Å². The highest BCUT2D eigenvalue weighted by molar-refractivity contribution is 5.96. The number of hydrogen-bond acceptors (Lipinski definition) is 3. The quantitative estimate of drug-likeness (QED) is 0.886. The third-order valence-electron chi connectivity index (χ3n) is 5.55. The molecule has 0 aromatic carbocycles. The number of hydrogen-bond donors (Lipinski definition) is 1. The molecule has 1 aliphatic carbocycles. The Morgan fingerprint density at radius 2 is 2.24 bits per heavy atom. The number of aryl methyl sites for hydroxylation is 1. The maximum atomic E-state index is 12.7. The third kappa shape index (κ3) is 1.68. The molecule has 1 saturated heterocycles. The topological polar surface area (TPSA) is 75.4 Å². The van der Waals surface area contributed by atoms with E-state index in [0.717, 1.165) is 37.9 Å². The van der Waals surface area contributed by atoms with Gasteiger partial charge in [-0.3, -0.25) is 14.3 Å². The highest BCUT2D eigenvalue weighted by Gasteiger charge is 2.56. The molecular weight excluding hydrogens is 270 g/mol. The van der Waals surface area contributed by atoms with Gasteiger partial charge in [-0.15, -0.1) is 0 Å². The minimum Gasteiger partial charge on any atom is -0.481 e. The Hall–Kier alpha value is -1.85. The van der Waals surface area contributed by atoms with E-state index in [1.165, 1.54) is 0 Å². The first-order valence-electron chi connectivity index (χ1n) is 7.69. The van der Waals surface area contributed by atoms with E-state index in [2.05, 4.69) is 5.10 Å². The Balaban J connectivity index is 1.61.